The van der Waals surface area contributed by atoms with Crippen LogP contribution < -0.4 is 5.32 Å². The van der Waals surface area contributed by atoms with Crippen LogP contribution in [0.15, 0.2) is 24.2 Å². The third kappa shape index (κ3) is 6.54. The highest BCUT2D eigenvalue weighted by Gasteiger charge is 2.47. The lowest BCUT2D eigenvalue weighted by Crippen LogP contribution is -2.46. The second kappa shape index (κ2) is 8.91. The lowest BCUT2D eigenvalue weighted by molar-refractivity contribution is -0.119. The number of hydrogen-bond donors (Lipinski definition) is 6. The summed E-state index contributed by atoms with van der Waals surface area (Å²) in [5, 5.41) is 12.9. The molecule has 15 nitrogen and oxygen atoms in total. The fraction of sp³-hybridized carbons (Fsp3) is 0.583. The number of rotatable bonds is 8. The Morgan fingerprint density at radius 3 is 2.37 bits per heavy atom. The normalized spacial score (nSPS) is 31.7. The maximum absolute atomic E-state index is 11.8. The van der Waals surface area contributed by atoms with Gasteiger partial charge < -0.3 is 39.6 Å². The van der Waals surface area contributed by atoms with Crippen LogP contribution >= 0.6 is 23.5 Å². The number of hydrogen-bond acceptors (Lipinski definition) is 10. The first-order valence-corrected chi connectivity index (χ1v) is 12.6. The van der Waals surface area contributed by atoms with Crippen LogP contribution in [-0.2, 0) is 36.4 Å². The standard InChI is InChI=1S/C12H21N2O13P3/c1-6-4-14(8(3)13-11(6)16)12-10(15)7(2)9(25-12)5-24-29(20,21)27-30(22,23)26-28(17,18)19/h4,7,9-10,12,15H,3,5H2,1-2H3,(H,13,16)(H,20,21)(H,22,23)(H2,17,18,19)/t7-,9+,10?,12+/m0/s1. The summed E-state index contributed by atoms with van der Waals surface area (Å²) in [5.41, 5.74) is 0.308. The monoisotopic (exact) mass is 494 g/mol. The second-order valence-electron chi connectivity index (χ2n) is 6.42. The minimum Gasteiger partial charge on any atom is -0.388 e. The molecule has 2 heterocycles. The zero-order chi connectivity index (χ0) is 23.1. The van der Waals surface area contributed by atoms with E-state index in [1.807, 2.05) is 0 Å². The molecular weight excluding hydrogens is 473 g/mol. The molecule has 1 amide bonds. The maximum Gasteiger partial charge on any atom is 0.490 e. The Hall–Kier alpha value is -0.920. The van der Waals surface area contributed by atoms with Gasteiger partial charge in [0.15, 0.2) is 6.23 Å². The number of aliphatic hydroxyl groups is 1. The van der Waals surface area contributed by atoms with Crippen molar-refractivity contribution in [3.63, 3.8) is 0 Å². The summed E-state index contributed by atoms with van der Waals surface area (Å²) in [5.74, 6) is -0.946. The molecule has 0 aromatic rings. The molecule has 30 heavy (non-hydrogen) atoms. The topological polar surface area (TPSA) is 222 Å². The highest BCUT2D eigenvalue weighted by Crippen LogP contribution is 2.66. The summed E-state index contributed by atoms with van der Waals surface area (Å²) in [4.78, 5) is 48.6. The molecule has 0 aromatic carbocycles. The minimum atomic E-state index is -5.64. The van der Waals surface area contributed by atoms with Crippen molar-refractivity contribution in [2.24, 2.45) is 5.92 Å². The molecule has 0 saturated carbocycles. The fourth-order valence-corrected chi connectivity index (χ4v) is 5.65. The zero-order valence-electron chi connectivity index (χ0n) is 15.6. The molecule has 0 radical (unpaired) electrons. The smallest absolute Gasteiger partial charge is 0.388 e. The van der Waals surface area contributed by atoms with Crippen LogP contribution in [0.25, 0.3) is 0 Å². The zero-order valence-corrected chi connectivity index (χ0v) is 18.3. The Bertz CT molecular complexity index is 885. The lowest BCUT2D eigenvalue weighted by atomic mass is 10.0. The van der Waals surface area contributed by atoms with Gasteiger partial charge in [-0.25, -0.2) is 13.7 Å². The van der Waals surface area contributed by atoms with Crippen molar-refractivity contribution in [3.8, 4) is 0 Å². The third-order valence-electron chi connectivity index (χ3n) is 4.08. The molecule has 1 saturated heterocycles. The quantitative estimate of drug-likeness (QED) is 0.242. The van der Waals surface area contributed by atoms with E-state index in [2.05, 4.69) is 25.0 Å². The fourth-order valence-electron chi connectivity index (χ4n) is 2.62. The molecular formula is C12H21N2O13P3. The molecule has 3 unspecified atom stereocenters. The highest BCUT2D eigenvalue weighted by atomic mass is 31.3. The van der Waals surface area contributed by atoms with Crippen LogP contribution in [0.4, 0.5) is 0 Å². The van der Waals surface area contributed by atoms with Gasteiger partial charge in [0.1, 0.15) is 11.9 Å². The number of carbonyl (C=O) groups is 1. The number of phosphoric ester groups is 1. The molecule has 2 rings (SSSR count). The van der Waals surface area contributed by atoms with Crippen LogP contribution in [0, 0.1) is 5.92 Å². The minimum absolute atomic E-state index is 0.121. The van der Waals surface area contributed by atoms with Gasteiger partial charge in [-0.05, 0) is 6.92 Å². The Labute approximate surface area is 170 Å². The summed E-state index contributed by atoms with van der Waals surface area (Å²) in [6, 6.07) is 0. The molecule has 6 atom stereocenters. The van der Waals surface area contributed by atoms with Gasteiger partial charge in [-0.3, -0.25) is 9.32 Å². The average Bonchev–Trinajstić information content (AvgIpc) is 2.81. The number of ether oxygens (including phenoxy) is 1. The predicted molar refractivity (Wildman–Crippen MR) is 96.5 cm³/mol. The first-order valence-electron chi connectivity index (χ1n) is 8.10. The van der Waals surface area contributed by atoms with Crippen molar-refractivity contribution < 1.29 is 61.1 Å². The van der Waals surface area contributed by atoms with Gasteiger partial charge in [0, 0.05) is 17.7 Å². The number of carbonyl (C=O) groups excluding carboxylic acids is 1. The van der Waals surface area contributed by atoms with Gasteiger partial charge in [-0.1, -0.05) is 13.5 Å². The van der Waals surface area contributed by atoms with Gasteiger partial charge in [0.05, 0.1) is 12.7 Å². The van der Waals surface area contributed by atoms with Crippen molar-refractivity contribution >= 4 is 29.4 Å². The van der Waals surface area contributed by atoms with Crippen molar-refractivity contribution in [1.29, 1.82) is 0 Å². The van der Waals surface area contributed by atoms with Crippen LogP contribution in [-0.4, -0.2) is 60.5 Å². The van der Waals surface area contributed by atoms with Crippen molar-refractivity contribution in [2.75, 3.05) is 6.61 Å². The van der Waals surface area contributed by atoms with E-state index < -0.39 is 54.4 Å². The Kier molecular flexibility index (Phi) is 7.52. The molecule has 18 heteroatoms. The highest BCUT2D eigenvalue weighted by molar-refractivity contribution is 7.66. The van der Waals surface area contributed by atoms with Gasteiger partial charge in [-0.2, -0.15) is 8.62 Å². The first kappa shape index (κ1) is 25.3. The van der Waals surface area contributed by atoms with E-state index in [1.54, 1.807) is 0 Å². The van der Waals surface area contributed by atoms with Crippen molar-refractivity contribution in [1.82, 2.24) is 10.2 Å². The van der Waals surface area contributed by atoms with Crippen LogP contribution in [0.1, 0.15) is 13.8 Å². The number of nitrogens with one attached hydrogen (secondary N) is 1. The van der Waals surface area contributed by atoms with Gasteiger partial charge in [0.25, 0.3) is 5.91 Å². The summed E-state index contributed by atoms with van der Waals surface area (Å²) < 4.78 is 51.2. The Morgan fingerprint density at radius 1 is 1.20 bits per heavy atom. The van der Waals surface area contributed by atoms with E-state index >= 15 is 0 Å². The number of amides is 1. The summed E-state index contributed by atoms with van der Waals surface area (Å²) >= 11 is 0. The third-order valence-corrected chi connectivity index (χ3v) is 7.89. The van der Waals surface area contributed by atoms with E-state index in [1.165, 1.54) is 24.9 Å². The van der Waals surface area contributed by atoms with E-state index in [0.29, 0.717) is 5.57 Å². The van der Waals surface area contributed by atoms with Crippen LogP contribution in [0.5, 0.6) is 0 Å². The molecule has 2 aliphatic rings. The largest absolute Gasteiger partial charge is 0.490 e. The predicted octanol–water partition coefficient (Wildman–Crippen LogP) is -0.142. The molecule has 172 valence electrons. The maximum atomic E-state index is 11.8. The molecule has 6 N–H and O–H groups in total. The van der Waals surface area contributed by atoms with E-state index in [0.717, 1.165) is 0 Å². The number of phosphoric acid groups is 3. The number of aliphatic hydroxyl groups excluding tert-OH is 1. The Balaban J connectivity index is 2.03. The van der Waals surface area contributed by atoms with Crippen LogP contribution in [0.3, 0.4) is 0 Å². The summed E-state index contributed by atoms with van der Waals surface area (Å²) in [6.45, 7) is 5.98. The lowest BCUT2D eigenvalue weighted by Gasteiger charge is -2.34. The molecule has 0 aliphatic carbocycles. The van der Waals surface area contributed by atoms with Gasteiger partial charge in [0.2, 0.25) is 0 Å². The van der Waals surface area contributed by atoms with Gasteiger partial charge in [-0.15, -0.1) is 0 Å². The first-order chi connectivity index (χ1) is 13.5. The second-order valence-corrected chi connectivity index (χ2v) is 10.8. The number of nitrogens with zero attached hydrogens (tertiary/aromatic N) is 1. The van der Waals surface area contributed by atoms with E-state index in [-0.39, 0.29) is 11.7 Å². The van der Waals surface area contributed by atoms with E-state index in [9.17, 15) is 28.5 Å². The van der Waals surface area contributed by atoms with Crippen LogP contribution in [0.2, 0.25) is 0 Å². The Morgan fingerprint density at radius 2 is 1.80 bits per heavy atom. The summed E-state index contributed by atoms with van der Waals surface area (Å²) in [6.07, 6.45) is -1.83. The molecule has 0 bridgehead atoms. The molecule has 0 aromatic heterocycles. The van der Waals surface area contributed by atoms with E-state index in [4.69, 9.17) is 19.4 Å². The average molecular weight is 494 g/mol. The molecule has 1 fully saturated rings. The van der Waals surface area contributed by atoms with Crippen molar-refractivity contribution in [2.45, 2.75) is 32.3 Å². The van der Waals surface area contributed by atoms with Gasteiger partial charge >= 0.3 is 23.5 Å². The molecule has 2 aliphatic heterocycles. The summed E-state index contributed by atoms with van der Waals surface area (Å²) in [7, 11) is -16.5. The molecule has 0 spiro atoms. The SMILES string of the molecule is C=C1NC(=O)C(C)=CN1[C@@H]1O[C@H](COP(=O)(O)OP(=O)(O)OP(=O)(O)O)[C@H](C)C1O. The van der Waals surface area contributed by atoms with Crippen molar-refractivity contribution in [3.05, 3.63) is 24.2 Å².